The molecule has 0 saturated heterocycles. The Balaban J connectivity index is 2.07. The summed E-state index contributed by atoms with van der Waals surface area (Å²) in [5.41, 5.74) is 0.762. The van der Waals surface area contributed by atoms with Gasteiger partial charge < -0.3 is 15.5 Å². The number of anilines is 1. The van der Waals surface area contributed by atoms with Gasteiger partial charge in [-0.3, -0.25) is 14.4 Å². The van der Waals surface area contributed by atoms with Gasteiger partial charge in [-0.25, -0.2) is 0 Å². The lowest BCUT2D eigenvalue weighted by Gasteiger charge is -2.39. The molecule has 6 heteroatoms. The first-order valence-corrected chi connectivity index (χ1v) is 10.1. The maximum atomic E-state index is 13.1. The Kier molecular flexibility index (Phi) is 7.79. The minimum atomic E-state index is -0.791. The molecule has 1 aromatic rings. The predicted octanol–water partition coefficient (Wildman–Crippen LogP) is 3.35. The van der Waals surface area contributed by atoms with Gasteiger partial charge in [0.15, 0.2) is 0 Å². The van der Waals surface area contributed by atoms with E-state index >= 15 is 0 Å². The third-order valence-electron chi connectivity index (χ3n) is 5.19. The highest BCUT2D eigenvalue weighted by Gasteiger charge is 2.42. The maximum absolute atomic E-state index is 13.1. The van der Waals surface area contributed by atoms with E-state index in [1.165, 1.54) is 13.0 Å². The van der Waals surface area contributed by atoms with Crippen molar-refractivity contribution in [3.63, 3.8) is 0 Å². The van der Waals surface area contributed by atoms with Crippen LogP contribution in [0.5, 0.6) is 0 Å². The van der Waals surface area contributed by atoms with E-state index in [0.29, 0.717) is 31.6 Å². The van der Waals surface area contributed by atoms with Gasteiger partial charge in [-0.05, 0) is 50.5 Å². The highest BCUT2D eigenvalue weighted by Crippen LogP contribution is 2.30. The summed E-state index contributed by atoms with van der Waals surface area (Å²) in [6.07, 6.45) is 7.55. The Hall–Kier alpha value is -2.63. The number of rotatable bonds is 7. The standard InChI is InChI=1S/C22H31N3O3/c1-4-25(5-2)21(28)22(15-7-6-8-16-22)24-20(27)14-11-18-9-12-19(13-10-18)23-17(3)26/h9-14H,4-8,15-16H2,1-3H3,(H,23,26)(H,24,27). The molecule has 0 atom stereocenters. The number of nitrogens with one attached hydrogen (secondary N) is 2. The molecule has 2 N–H and O–H groups in total. The number of amides is 3. The second kappa shape index (κ2) is 10.1. The van der Waals surface area contributed by atoms with E-state index in [9.17, 15) is 14.4 Å². The minimum absolute atomic E-state index is 0.0265. The SMILES string of the molecule is CCN(CC)C(=O)C1(NC(=O)C=Cc2ccc(NC(C)=O)cc2)CCCCC1. The predicted molar refractivity (Wildman–Crippen MR) is 112 cm³/mol. The van der Waals surface area contributed by atoms with E-state index in [0.717, 1.165) is 24.8 Å². The largest absolute Gasteiger partial charge is 0.341 e. The maximum Gasteiger partial charge on any atom is 0.248 e. The summed E-state index contributed by atoms with van der Waals surface area (Å²) in [6.45, 7) is 6.67. The topological polar surface area (TPSA) is 78.5 Å². The van der Waals surface area contributed by atoms with Gasteiger partial charge in [0.25, 0.3) is 0 Å². The summed E-state index contributed by atoms with van der Waals surface area (Å²) < 4.78 is 0. The van der Waals surface area contributed by atoms with Crippen molar-refractivity contribution >= 4 is 29.5 Å². The van der Waals surface area contributed by atoms with Crippen molar-refractivity contribution in [3.05, 3.63) is 35.9 Å². The average molecular weight is 386 g/mol. The van der Waals surface area contributed by atoms with Gasteiger partial charge in [0, 0.05) is 31.8 Å². The van der Waals surface area contributed by atoms with Gasteiger partial charge in [-0.1, -0.05) is 31.4 Å². The third kappa shape index (κ3) is 5.68. The van der Waals surface area contributed by atoms with Crippen LogP contribution in [0.3, 0.4) is 0 Å². The Morgan fingerprint density at radius 1 is 1.04 bits per heavy atom. The Bertz CT molecular complexity index is 715. The third-order valence-corrected chi connectivity index (χ3v) is 5.19. The smallest absolute Gasteiger partial charge is 0.248 e. The van der Waals surface area contributed by atoms with Gasteiger partial charge in [0.05, 0.1) is 0 Å². The van der Waals surface area contributed by atoms with E-state index in [1.54, 1.807) is 23.1 Å². The number of nitrogens with zero attached hydrogens (tertiary/aromatic N) is 1. The average Bonchev–Trinajstić information content (AvgIpc) is 2.68. The second-order valence-electron chi connectivity index (χ2n) is 7.25. The zero-order chi connectivity index (χ0) is 20.6. The second-order valence-corrected chi connectivity index (χ2v) is 7.25. The molecule has 6 nitrogen and oxygen atoms in total. The molecule has 0 radical (unpaired) electrons. The first-order valence-electron chi connectivity index (χ1n) is 10.1. The molecule has 1 saturated carbocycles. The highest BCUT2D eigenvalue weighted by molar-refractivity contribution is 5.97. The summed E-state index contributed by atoms with van der Waals surface area (Å²) in [4.78, 5) is 38.5. The number of likely N-dealkylation sites (N-methyl/N-ethyl adjacent to an activating group) is 1. The number of carbonyl (C=O) groups is 3. The summed E-state index contributed by atoms with van der Waals surface area (Å²) in [5.74, 6) is -0.356. The molecule has 3 amide bonds. The zero-order valence-electron chi connectivity index (χ0n) is 17.1. The molecular formula is C22H31N3O3. The van der Waals surface area contributed by atoms with Crippen LogP contribution in [0.25, 0.3) is 6.08 Å². The van der Waals surface area contributed by atoms with Crippen LogP contribution in [0.1, 0.15) is 58.4 Å². The van der Waals surface area contributed by atoms with E-state index in [4.69, 9.17) is 0 Å². The molecule has 0 aromatic heterocycles. The van der Waals surface area contributed by atoms with Crippen LogP contribution in [0, 0.1) is 0 Å². The number of hydrogen-bond acceptors (Lipinski definition) is 3. The summed E-state index contributed by atoms with van der Waals surface area (Å²) in [5, 5.41) is 5.72. The van der Waals surface area contributed by atoms with Crippen molar-refractivity contribution in [1.82, 2.24) is 10.2 Å². The summed E-state index contributed by atoms with van der Waals surface area (Å²) >= 11 is 0. The quantitative estimate of drug-likeness (QED) is 0.707. The molecule has 0 spiro atoms. The van der Waals surface area contributed by atoms with Crippen molar-refractivity contribution in [2.24, 2.45) is 0 Å². The van der Waals surface area contributed by atoms with Gasteiger partial charge in [0.1, 0.15) is 5.54 Å². The molecule has 0 bridgehead atoms. The van der Waals surface area contributed by atoms with Crippen molar-refractivity contribution in [2.45, 2.75) is 58.4 Å². The van der Waals surface area contributed by atoms with Crippen molar-refractivity contribution < 1.29 is 14.4 Å². The van der Waals surface area contributed by atoms with Gasteiger partial charge in [-0.15, -0.1) is 0 Å². The van der Waals surface area contributed by atoms with Crippen molar-refractivity contribution in [3.8, 4) is 0 Å². The van der Waals surface area contributed by atoms with Gasteiger partial charge in [-0.2, -0.15) is 0 Å². The van der Waals surface area contributed by atoms with Crippen LogP contribution < -0.4 is 10.6 Å². The number of hydrogen-bond donors (Lipinski definition) is 2. The molecule has 1 fully saturated rings. The fraction of sp³-hybridized carbons (Fsp3) is 0.500. The zero-order valence-corrected chi connectivity index (χ0v) is 17.1. The van der Waals surface area contributed by atoms with Crippen LogP contribution in [0.15, 0.2) is 30.3 Å². The molecule has 28 heavy (non-hydrogen) atoms. The van der Waals surface area contributed by atoms with Crippen LogP contribution in [-0.4, -0.2) is 41.2 Å². The minimum Gasteiger partial charge on any atom is -0.341 e. The number of benzene rings is 1. The fourth-order valence-corrected chi connectivity index (χ4v) is 3.69. The summed E-state index contributed by atoms with van der Waals surface area (Å²) in [6, 6.07) is 7.22. The molecule has 0 unspecified atom stereocenters. The van der Waals surface area contributed by atoms with Gasteiger partial charge in [0.2, 0.25) is 17.7 Å². The molecular weight excluding hydrogens is 354 g/mol. The molecule has 1 aromatic carbocycles. The lowest BCUT2D eigenvalue weighted by atomic mass is 9.80. The lowest BCUT2D eigenvalue weighted by molar-refractivity contribution is -0.142. The lowest BCUT2D eigenvalue weighted by Crippen LogP contribution is -2.60. The molecule has 2 rings (SSSR count). The van der Waals surface area contributed by atoms with Crippen molar-refractivity contribution in [1.29, 1.82) is 0 Å². The van der Waals surface area contributed by atoms with E-state index < -0.39 is 5.54 Å². The normalized spacial score (nSPS) is 15.8. The van der Waals surface area contributed by atoms with Crippen LogP contribution in [-0.2, 0) is 14.4 Å². The Labute approximate surface area is 167 Å². The molecule has 0 heterocycles. The Morgan fingerprint density at radius 3 is 2.18 bits per heavy atom. The number of carbonyl (C=O) groups excluding carboxylic acids is 3. The first-order chi connectivity index (χ1) is 13.4. The molecule has 0 aliphatic heterocycles. The summed E-state index contributed by atoms with van der Waals surface area (Å²) in [7, 11) is 0. The van der Waals surface area contributed by atoms with Crippen LogP contribution >= 0.6 is 0 Å². The van der Waals surface area contributed by atoms with Crippen molar-refractivity contribution in [2.75, 3.05) is 18.4 Å². The molecule has 1 aliphatic carbocycles. The monoisotopic (exact) mass is 385 g/mol. The first kappa shape index (κ1) is 21.7. The van der Waals surface area contributed by atoms with Crippen LogP contribution in [0.2, 0.25) is 0 Å². The highest BCUT2D eigenvalue weighted by atomic mass is 16.2. The van der Waals surface area contributed by atoms with Crippen LogP contribution in [0.4, 0.5) is 5.69 Å². The van der Waals surface area contributed by atoms with Gasteiger partial charge >= 0.3 is 0 Å². The molecule has 1 aliphatic rings. The Morgan fingerprint density at radius 2 is 1.64 bits per heavy atom. The molecule has 152 valence electrons. The fourth-order valence-electron chi connectivity index (χ4n) is 3.69. The van der Waals surface area contributed by atoms with E-state index in [1.807, 2.05) is 26.0 Å². The van der Waals surface area contributed by atoms with E-state index in [-0.39, 0.29) is 17.7 Å². The van der Waals surface area contributed by atoms with E-state index in [2.05, 4.69) is 10.6 Å².